The molecular weight excluding hydrogens is 833 g/mol. The van der Waals surface area contributed by atoms with Crippen LogP contribution in [-0.4, -0.2) is 4.57 Å². The second-order valence-corrected chi connectivity index (χ2v) is 18.0. The maximum absolute atomic E-state index is 2.48. The predicted molar refractivity (Wildman–Crippen MR) is 289 cm³/mol. The second-order valence-electron chi connectivity index (χ2n) is 18.0. The molecule has 0 saturated carbocycles. The molecular formula is C67H46N2. The van der Waals surface area contributed by atoms with E-state index in [0.29, 0.717) is 0 Å². The van der Waals surface area contributed by atoms with Crippen molar-refractivity contribution in [2.75, 3.05) is 4.90 Å². The Kier molecular flexibility index (Phi) is 9.77. The highest BCUT2D eigenvalue weighted by Gasteiger charge is 2.46. The molecule has 11 aromatic carbocycles. The average molecular weight is 879 g/mol. The first-order valence-electron chi connectivity index (χ1n) is 23.8. The Balaban J connectivity index is 0.926. The van der Waals surface area contributed by atoms with Gasteiger partial charge in [0.05, 0.1) is 16.4 Å². The van der Waals surface area contributed by atoms with E-state index in [1.54, 1.807) is 0 Å². The zero-order valence-corrected chi connectivity index (χ0v) is 38.0. The van der Waals surface area contributed by atoms with Crippen LogP contribution in [0.25, 0.3) is 72.0 Å². The highest BCUT2D eigenvalue weighted by atomic mass is 15.1. The van der Waals surface area contributed by atoms with Gasteiger partial charge in [0.2, 0.25) is 0 Å². The quantitative estimate of drug-likeness (QED) is 0.140. The van der Waals surface area contributed by atoms with Gasteiger partial charge in [0.15, 0.2) is 0 Å². The summed E-state index contributed by atoms with van der Waals surface area (Å²) in [6, 6.07) is 102. The van der Waals surface area contributed by atoms with Crippen LogP contribution in [0.4, 0.5) is 17.1 Å². The molecule has 0 spiro atoms. The predicted octanol–water partition coefficient (Wildman–Crippen LogP) is 17.6. The van der Waals surface area contributed by atoms with Crippen molar-refractivity contribution in [3.05, 3.63) is 301 Å². The van der Waals surface area contributed by atoms with E-state index in [0.717, 1.165) is 22.7 Å². The molecule has 2 heteroatoms. The molecule has 0 N–H and O–H groups in total. The van der Waals surface area contributed by atoms with Gasteiger partial charge in [-0.25, -0.2) is 0 Å². The molecule has 13 rings (SSSR count). The van der Waals surface area contributed by atoms with E-state index in [-0.39, 0.29) is 0 Å². The largest absolute Gasteiger partial charge is 0.310 e. The third-order valence-corrected chi connectivity index (χ3v) is 14.3. The lowest BCUT2D eigenvalue weighted by Crippen LogP contribution is -2.28. The Hall–Kier alpha value is -8.98. The zero-order chi connectivity index (χ0) is 45.7. The first-order valence-corrected chi connectivity index (χ1v) is 23.8. The number of rotatable bonds is 9. The van der Waals surface area contributed by atoms with E-state index in [2.05, 4.69) is 289 Å². The van der Waals surface area contributed by atoms with E-state index >= 15 is 0 Å². The molecule has 0 aliphatic heterocycles. The minimum absolute atomic E-state index is 0.448. The van der Waals surface area contributed by atoms with E-state index in [1.807, 2.05) is 0 Å². The summed E-state index contributed by atoms with van der Waals surface area (Å²) in [5.74, 6) is 0. The summed E-state index contributed by atoms with van der Waals surface area (Å²) in [6.45, 7) is 0. The fourth-order valence-corrected chi connectivity index (χ4v) is 11.2. The molecule has 69 heavy (non-hydrogen) atoms. The van der Waals surface area contributed by atoms with Crippen molar-refractivity contribution in [2.24, 2.45) is 0 Å². The molecule has 324 valence electrons. The van der Waals surface area contributed by atoms with Crippen LogP contribution >= 0.6 is 0 Å². The molecule has 0 unspecified atom stereocenters. The van der Waals surface area contributed by atoms with Crippen LogP contribution in [0.1, 0.15) is 22.3 Å². The Morgan fingerprint density at radius 1 is 0.275 bits per heavy atom. The van der Waals surface area contributed by atoms with Gasteiger partial charge in [0.25, 0.3) is 0 Å². The Labute approximate surface area is 403 Å². The summed E-state index contributed by atoms with van der Waals surface area (Å²) in [5, 5.41) is 2.47. The normalized spacial score (nSPS) is 12.5. The molecule has 0 amide bonds. The van der Waals surface area contributed by atoms with Gasteiger partial charge in [-0.3, -0.25) is 0 Å². The molecule has 0 fully saturated rings. The number of hydrogen-bond acceptors (Lipinski definition) is 1. The van der Waals surface area contributed by atoms with Crippen LogP contribution in [-0.2, 0) is 5.41 Å². The number of aromatic nitrogens is 1. The van der Waals surface area contributed by atoms with Gasteiger partial charge in [-0.15, -0.1) is 0 Å². The fraction of sp³-hybridized carbons (Fsp3) is 0.0149. The van der Waals surface area contributed by atoms with Crippen molar-refractivity contribution in [3.8, 4) is 50.2 Å². The van der Waals surface area contributed by atoms with Crippen molar-refractivity contribution in [1.29, 1.82) is 0 Å². The number of hydrogen-bond donors (Lipinski definition) is 0. The van der Waals surface area contributed by atoms with Crippen molar-refractivity contribution in [3.63, 3.8) is 0 Å². The fourth-order valence-electron chi connectivity index (χ4n) is 11.2. The summed E-state index contributed by atoms with van der Waals surface area (Å²) in [4.78, 5) is 2.34. The van der Waals surface area contributed by atoms with Crippen LogP contribution in [0, 0.1) is 0 Å². The van der Waals surface area contributed by atoms with E-state index in [4.69, 9.17) is 0 Å². The Morgan fingerprint density at radius 2 is 0.797 bits per heavy atom. The molecule has 2 nitrogen and oxygen atoms in total. The second kappa shape index (κ2) is 16.7. The van der Waals surface area contributed by atoms with E-state index in [1.165, 1.54) is 88.6 Å². The first-order chi connectivity index (χ1) is 34.2. The lowest BCUT2D eigenvalue weighted by molar-refractivity contribution is 0.768. The monoisotopic (exact) mass is 878 g/mol. The highest BCUT2D eigenvalue weighted by Crippen LogP contribution is 2.56. The lowest BCUT2D eigenvalue weighted by Gasteiger charge is -2.33. The van der Waals surface area contributed by atoms with Gasteiger partial charge in [0.1, 0.15) is 0 Å². The molecule has 0 atom stereocenters. The highest BCUT2D eigenvalue weighted by molar-refractivity contribution is 6.10. The molecule has 1 aliphatic rings. The summed E-state index contributed by atoms with van der Waals surface area (Å²) in [5.41, 5.74) is 21.2. The number of benzene rings is 11. The van der Waals surface area contributed by atoms with Crippen LogP contribution in [0.5, 0.6) is 0 Å². The van der Waals surface area contributed by atoms with Gasteiger partial charge in [-0.05, 0) is 127 Å². The van der Waals surface area contributed by atoms with Gasteiger partial charge in [-0.2, -0.15) is 0 Å². The van der Waals surface area contributed by atoms with E-state index in [9.17, 15) is 0 Å². The lowest BCUT2D eigenvalue weighted by atomic mass is 9.68. The van der Waals surface area contributed by atoms with Gasteiger partial charge in [0, 0.05) is 33.5 Å². The number of fused-ring (bicyclic) bond motifs is 6. The molecule has 1 aromatic heterocycles. The van der Waals surface area contributed by atoms with Crippen molar-refractivity contribution in [1.82, 2.24) is 4.57 Å². The topological polar surface area (TPSA) is 8.17 Å². The van der Waals surface area contributed by atoms with Gasteiger partial charge < -0.3 is 9.47 Å². The van der Waals surface area contributed by atoms with E-state index < -0.39 is 5.41 Å². The maximum Gasteiger partial charge on any atom is 0.0713 e. The van der Waals surface area contributed by atoms with Gasteiger partial charge >= 0.3 is 0 Å². The zero-order valence-electron chi connectivity index (χ0n) is 38.0. The molecule has 1 aliphatic carbocycles. The Morgan fingerprint density at radius 3 is 1.52 bits per heavy atom. The number of nitrogens with zero attached hydrogens (tertiary/aromatic N) is 2. The first kappa shape index (κ1) is 40.3. The third kappa shape index (κ3) is 6.64. The molecule has 0 radical (unpaired) electrons. The molecule has 0 bridgehead atoms. The Bertz CT molecular complexity index is 3780. The smallest absolute Gasteiger partial charge is 0.0713 e. The van der Waals surface area contributed by atoms with Crippen molar-refractivity contribution >= 4 is 38.9 Å². The van der Waals surface area contributed by atoms with Gasteiger partial charge in [-0.1, -0.05) is 218 Å². The average Bonchev–Trinajstić information content (AvgIpc) is 3.92. The molecule has 12 aromatic rings. The van der Waals surface area contributed by atoms with Crippen molar-refractivity contribution < 1.29 is 0 Å². The summed E-state index contributed by atoms with van der Waals surface area (Å²) in [6.07, 6.45) is 0. The van der Waals surface area contributed by atoms with Crippen molar-refractivity contribution in [2.45, 2.75) is 5.41 Å². The third-order valence-electron chi connectivity index (χ3n) is 14.3. The maximum atomic E-state index is 2.48. The summed E-state index contributed by atoms with van der Waals surface area (Å²) >= 11 is 0. The standard InChI is InChI=1S/C67H46N2/c1-5-20-47(21-6-1)49-22-19-29-55(44-49)68(53-27-11-4-12-28-53)54-39-36-48(37-40-54)57-30-13-14-31-58(57)50-38-42-61-60-33-16-18-35-65(60)69(66(61)45-50)56-41-43-64-62(46-56)59-32-15-17-34-63(59)67(64,51-23-7-2-8-24-51)52-25-9-3-10-26-52/h1-46H. The summed E-state index contributed by atoms with van der Waals surface area (Å²) in [7, 11) is 0. The van der Waals surface area contributed by atoms with Crippen LogP contribution < -0.4 is 4.90 Å². The van der Waals surface area contributed by atoms with Crippen LogP contribution in [0.15, 0.2) is 279 Å². The molecule has 0 saturated heterocycles. The minimum atomic E-state index is -0.448. The number of para-hydroxylation sites is 2. The number of anilines is 3. The SMILES string of the molecule is c1ccc(-c2cccc(N(c3ccccc3)c3ccc(-c4ccccc4-c4ccc5c6ccccc6n(-c6ccc7c(c6)-c6ccccc6C7(c6ccccc6)c6ccccc6)c5c4)cc3)c2)cc1. The van der Waals surface area contributed by atoms with Crippen LogP contribution in [0.3, 0.4) is 0 Å². The minimum Gasteiger partial charge on any atom is -0.310 e. The van der Waals surface area contributed by atoms with Crippen LogP contribution in [0.2, 0.25) is 0 Å². The molecule has 1 heterocycles. The summed E-state index contributed by atoms with van der Waals surface area (Å²) < 4.78 is 2.48.